The summed E-state index contributed by atoms with van der Waals surface area (Å²) in [6, 6.07) is 8.40. The molecular weight excluding hydrogens is 188 g/mol. The Labute approximate surface area is 90.6 Å². The van der Waals surface area contributed by atoms with Gasteiger partial charge >= 0.3 is 0 Å². The quantitative estimate of drug-likeness (QED) is 0.728. The summed E-state index contributed by atoms with van der Waals surface area (Å²) in [5.41, 5.74) is 7.64. The van der Waals surface area contributed by atoms with Crippen LogP contribution in [0.25, 0.3) is 0 Å². The minimum Gasteiger partial charge on any atom is -0.399 e. The third kappa shape index (κ3) is 2.63. The molecule has 2 rings (SSSR count). The second-order valence-corrected chi connectivity index (χ2v) is 4.22. The maximum Gasteiger partial charge on any atom is 0.0511 e. The normalized spacial score (nSPS) is 26.2. The Morgan fingerprint density at radius 1 is 1.47 bits per heavy atom. The molecule has 82 valence electrons. The standard InChI is InChI=1S/C12H18N2O/c1-9-8-15-6-5-12(9)14-11-4-2-3-10(13)7-11/h2-4,7,9,12,14H,5-6,8,13H2,1H3. The zero-order valence-corrected chi connectivity index (χ0v) is 9.07. The Morgan fingerprint density at radius 3 is 3.07 bits per heavy atom. The van der Waals surface area contributed by atoms with E-state index in [1.165, 1.54) is 0 Å². The van der Waals surface area contributed by atoms with Gasteiger partial charge < -0.3 is 15.8 Å². The summed E-state index contributed by atoms with van der Waals surface area (Å²) in [7, 11) is 0. The van der Waals surface area contributed by atoms with E-state index in [2.05, 4.69) is 18.3 Å². The van der Waals surface area contributed by atoms with Gasteiger partial charge in [-0.05, 0) is 30.5 Å². The van der Waals surface area contributed by atoms with Crippen LogP contribution in [0.2, 0.25) is 0 Å². The summed E-state index contributed by atoms with van der Waals surface area (Å²) in [6.45, 7) is 3.91. The first kappa shape index (κ1) is 10.3. The molecule has 0 aromatic heterocycles. The van der Waals surface area contributed by atoms with Crippen molar-refractivity contribution in [1.29, 1.82) is 0 Å². The van der Waals surface area contributed by atoms with Crippen LogP contribution in [0.4, 0.5) is 11.4 Å². The number of nitrogen functional groups attached to an aromatic ring is 1. The molecule has 1 aromatic rings. The van der Waals surface area contributed by atoms with Crippen molar-refractivity contribution >= 4 is 11.4 Å². The van der Waals surface area contributed by atoms with Gasteiger partial charge in [0.1, 0.15) is 0 Å². The SMILES string of the molecule is CC1COCCC1Nc1cccc(N)c1. The van der Waals surface area contributed by atoms with E-state index in [4.69, 9.17) is 10.5 Å². The number of rotatable bonds is 2. The number of benzene rings is 1. The lowest BCUT2D eigenvalue weighted by Gasteiger charge is -2.30. The predicted molar refractivity (Wildman–Crippen MR) is 62.9 cm³/mol. The molecule has 1 aliphatic heterocycles. The molecule has 0 bridgehead atoms. The molecule has 0 saturated carbocycles. The van der Waals surface area contributed by atoms with E-state index in [1.54, 1.807) is 0 Å². The van der Waals surface area contributed by atoms with Crippen LogP contribution in [0.5, 0.6) is 0 Å². The first-order chi connectivity index (χ1) is 7.25. The highest BCUT2D eigenvalue weighted by Crippen LogP contribution is 2.20. The Morgan fingerprint density at radius 2 is 2.33 bits per heavy atom. The Hall–Kier alpha value is -1.22. The van der Waals surface area contributed by atoms with Crippen molar-refractivity contribution < 1.29 is 4.74 Å². The van der Waals surface area contributed by atoms with Crippen molar-refractivity contribution in [2.45, 2.75) is 19.4 Å². The van der Waals surface area contributed by atoms with Gasteiger partial charge in [-0.2, -0.15) is 0 Å². The van der Waals surface area contributed by atoms with Gasteiger partial charge in [-0.15, -0.1) is 0 Å². The second-order valence-electron chi connectivity index (χ2n) is 4.22. The van der Waals surface area contributed by atoms with Crippen molar-refractivity contribution in [2.24, 2.45) is 5.92 Å². The highest BCUT2D eigenvalue weighted by atomic mass is 16.5. The Bertz CT molecular complexity index is 327. The first-order valence-corrected chi connectivity index (χ1v) is 5.45. The summed E-state index contributed by atoms with van der Waals surface area (Å²) in [5.74, 6) is 0.556. The van der Waals surface area contributed by atoms with Gasteiger partial charge in [0.05, 0.1) is 6.61 Å². The van der Waals surface area contributed by atoms with Gasteiger partial charge in [0, 0.05) is 24.0 Å². The van der Waals surface area contributed by atoms with E-state index in [0.29, 0.717) is 12.0 Å². The monoisotopic (exact) mass is 206 g/mol. The minimum absolute atomic E-state index is 0.501. The molecule has 0 radical (unpaired) electrons. The largest absolute Gasteiger partial charge is 0.399 e. The number of anilines is 2. The van der Waals surface area contributed by atoms with Crippen molar-refractivity contribution in [3.05, 3.63) is 24.3 Å². The van der Waals surface area contributed by atoms with E-state index < -0.39 is 0 Å². The van der Waals surface area contributed by atoms with Gasteiger partial charge in [0.15, 0.2) is 0 Å². The molecule has 1 fully saturated rings. The fraction of sp³-hybridized carbons (Fsp3) is 0.500. The van der Waals surface area contributed by atoms with Crippen LogP contribution in [0.1, 0.15) is 13.3 Å². The highest BCUT2D eigenvalue weighted by molar-refractivity contribution is 5.54. The average Bonchev–Trinajstić information content (AvgIpc) is 2.22. The molecule has 1 saturated heterocycles. The summed E-state index contributed by atoms with van der Waals surface area (Å²) in [4.78, 5) is 0. The fourth-order valence-electron chi connectivity index (χ4n) is 1.94. The van der Waals surface area contributed by atoms with Crippen LogP contribution < -0.4 is 11.1 Å². The molecule has 3 nitrogen and oxygen atoms in total. The topological polar surface area (TPSA) is 47.3 Å². The van der Waals surface area contributed by atoms with E-state index in [0.717, 1.165) is 31.0 Å². The molecule has 1 heterocycles. The number of ether oxygens (including phenoxy) is 1. The summed E-state index contributed by atoms with van der Waals surface area (Å²) in [6.07, 6.45) is 1.07. The van der Waals surface area contributed by atoms with E-state index in [1.807, 2.05) is 18.2 Å². The number of nitrogens with one attached hydrogen (secondary N) is 1. The van der Waals surface area contributed by atoms with Gasteiger partial charge in [-0.1, -0.05) is 13.0 Å². The lowest BCUT2D eigenvalue weighted by molar-refractivity contribution is 0.0538. The first-order valence-electron chi connectivity index (χ1n) is 5.45. The summed E-state index contributed by atoms with van der Waals surface area (Å²) < 4.78 is 5.41. The van der Waals surface area contributed by atoms with Crippen LogP contribution in [0, 0.1) is 5.92 Å². The number of hydrogen-bond acceptors (Lipinski definition) is 3. The zero-order valence-electron chi connectivity index (χ0n) is 9.07. The molecule has 0 spiro atoms. The van der Waals surface area contributed by atoms with Crippen molar-refractivity contribution in [3.8, 4) is 0 Å². The Balaban J connectivity index is 2.01. The van der Waals surface area contributed by atoms with Crippen LogP contribution in [-0.4, -0.2) is 19.3 Å². The molecule has 3 heteroatoms. The molecule has 1 aromatic carbocycles. The van der Waals surface area contributed by atoms with E-state index in [9.17, 15) is 0 Å². The summed E-state index contributed by atoms with van der Waals surface area (Å²) >= 11 is 0. The smallest absolute Gasteiger partial charge is 0.0511 e. The van der Waals surface area contributed by atoms with Gasteiger partial charge in [-0.3, -0.25) is 0 Å². The molecule has 0 amide bonds. The third-order valence-electron chi connectivity index (χ3n) is 2.88. The highest BCUT2D eigenvalue weighted by Gasteiger charge is 2.21. The molecule has 0 aliphatic carbocycles. The third-order valence-corrected chi connectivity index (χ3v) is 2.88. The lowest BCUT2D eigenvalue weighted by atomic mass is 9.97. The minimum atomic E-state index is 0.501. The van der Waals surface area contributed by atoms with E-state index in [-0.39, 0.29) is 0 Å². The number of hydrogen-bond donors (Lipinski definition) is 2. The van der Waals surface area contributed by atoms with Crippen molar-refractivity contribution in [1.82, 2.24) is 0 Å². The van der Waals surface area contributed by atoms with Crippen molar-refractivity contribution in [3.63, 3.8) is 0 Å². The zero-order chi connectivity index (χ0) is 10.7. The van der Waals surface area contributed by atoms with Crippen LogP contribution in [0.15, 0.2) is 24.3 Å². The predicted octanol–water partition coefficient (Wildman–Crippen LogP) is 2.11. The maximum absolute atomic E-state index is 5.73. The van der Waals surface area contributed by atoms with Crippen LogP contribution >= 0.6 is 0 Å². The van der Waals surface area contributed by atoms with Crippen molar-refractivity contribution in [2.75, 3.05) is 24.3 Å². The van der Waals surface area contributed by atoms with Gasteiger partial charge in [-0.25, -0.2) is 0 Å². The number of nitrogens with two attached hydrogens (primary N) is 1. The molecule has 1 aliphatic rings. The average molecular weight is 206 g/mol. The molecule has 2 atom stereocenters. The van der Waals surface area contributed by atoms with Gasteiger partial charge in [0.25, 0.3) is 0 Å². The van der Waals surface area contributed by atoms with Gasteiger partial charge in [0.2, 0.25) is 0 Å². The summed E-state index contributed by atoms with van der Waals surface area (Å²) in [5, 5.41) is 3.51. The molecule has 15 heavy (non-hydrogen) atoms. The molecular formula is C12H18N2O. The van der Waals surface area contributed by atoms with Crippen LogP contribution in [0.3, 0.4) is 0 Å². The molecule has 2 unspecified atom stereocenters. The lowest BCUT2D eigenvalue weighted by Crippen LogP contribution is -2.35. The van der Waals surface area contributed by atoms with E-state index >= 15 is 0 Å². The molecule has 3 N–H and O–H groups in total. The van der Waals surface area contributed by atoms with Crippen LogP contribution in [-0.2, 0) is 4.74 Å². The fourth-order valence-corrected chi connectivity index (χ4v) is 1.94. The second kappa shape index (κ2) is 4.53. The maximum atomic E-state index is 5.73. The Kier molecular flexibility index (Phi) is 3.11.